The number of hydrogen-bond acceptors (Lipinski definition) is 4. The van der Waals surface area contributed by atoms with Crippen LogP contribution in [0.1, 0.15) is 0 Å². The Morgan fingerprint density at radius 3 is 2.25 bits per heavy atom. The van der Waals surface area contributed by atoms with E-state index in [9.17, 15) is 0 Å². The van der Waals surface area contributed by atoms with Crippen LogP contribution in [0.15, 0.2) is 59.4 Å². The molecule has 4 heteroatoms. The molecule has 4 nitrogen and oxygen atoms in total. The minimum atomic E-state index is 0.454. The van der Waals surface area contributed by atoms with E-state index in [4.69, 9.17) is 10.3 Å². The van der Waals surface area contributed by atoms with Crippen molar-refractivity contribution in [2.75, 3.05) is 5.73 Å². The maximum Gasteiger partial charge on any atom is 0.174 e. The number of nitrogens with zero attached hydrogens (tertiary/aromatic N) is 2. The lowest BCUT2D eigenvalue weighted by Gasteiger charge is -1.82. The van der Waals surface area contributed by atoms with Crippen molar-refractivity contribution in [1.82, 2.24) is 10.1 Å². The Morgan fingerprint density at radius 1 is 0.938 bits per heavy atom. The summed E-state index contributed by atoms with van der Waals surface area (Å²) in [4.78, 5) is 3.78. The molecule has 0 bridgehead atoms. The predicted octanol–water partition coefficient (Wildman–Crippen LogP) is 2.49. The number of fused-ring (bicyclic) bond motifs is 1. The largest absolute Gasteiger partial charge is 0.380 e. The standard InChI is InChI=1S/C7H6N2O.C5H5N/c8-7-5-3-1-2-4-6(5)10-9-7;1-2-4-6-5-3-1/h1-4H,(H2,8,9);1-5H. The fraction of sp³-hybridized carbons (Fsp3) is 0. The monoisotopic (exact) mass is 213 g/mol. The molecule has 0 saturated carbocycles. The van der Waals surface area contributed by atoms with Gasteiger partial charge in [-0.25, -0.2) is 0 Å². The normalized spacial score (nSPS) is 9.50. The third-order valence-corrected chi connectivity index (χ3v) is 1.97. The van der Waals surface area contributed by atoms with E-state index in [1.807, 2.05) is 42.5 Å². The summed E-state index contributed by atoms with van der Waals surface area (Å²) in [5.74, 6) is 0.454. The van der Waals surface area contributed by atoms with Crippen LogP contribution in [0, 0.1) is 0 Å². The van der Waals surface area contributed by atoms with Gasteiger partial charge in [0, 0.05) is 12.4 Å². The number of aromatic nitrogens is 2. The van der Waals surface area contributed by atoms with Crippen molar-refractivity contribution in [3.8, 4) is 0 Å². The number of para-hydroxylation sites is 1. The summed E-state index contributed by atoms with van der Waals surface area (Å²) in [5.41, 5.74) is 6.21. The number of hydrogen-bond donors (Lipinski definition) is 1. The Kier molecular flexibility index (Phi) is 3.13. The maximum atomic E-state index is 5.47. The second-order valence-electron chi connectivity index (χ2n) is 3.09. The van der Waals surface area contributed by atoms with E-state index in [0.717, 1.165) is 11.0 Å². The Bertz CT molecular complexity index is 522. The summed E-state index contributed by atoms with van der Waals surface area (Å²) in [7, 11) is 0. The van der Waals surface area contributed by atoms with Gasteiger partial charge in [0.1, 0.15) is 0 Å². The molecule has 3 aromatic rings. The number of pyridine rings is 1. The van der Waals surface area contributed by atoms with Gasteiger partial charge in [0.25, 0.3) is 0 Å². The van der Waals surface area contributed by atoms with E-state index in [-0.39, 0.29) is 0 Å². The van der Waals surface area contributed by atoms with Crippen molar-refractivity contribution in [2.45, 2.75) is 0 Å². The van der Waals surface area contributed by atoms with E-state index < -0.39 is 0 Å². The first-order valence-electron chi connectivity index (χ1n) is 4.83. The zero-order chi connectivity index (χ0) is 11.2. The lowest BCUT2D eigenvalue weighted by atomic mass is 10.2. The molecule has 0 aliphatic rings. The molecule has 1 aromatic carbocycles. The smallest absolute Gasteiger partial charge is 0.174 e. The van der Waals surface area contributed by atoms with Gasteiger partial charge in [-0.05, 0) is 24.3 Å². The molecule has 0 saturated heterocycles. The average molecular weight is 213 g/mol. The number of nitrogen functional groups attached to an aromatic ring is 1. The van der Waals surface area contributed by atoms with Crippen LogP contribution in [0.25, 0.3) is 11.0 Å². The van der Waals surface area contributed by atoms with Crippen LogP contribution in [0.4, 0.5) is 5.82 Å². The third-order valence-electron chi connectivity index (χ3n) is 1.97. The van der Waals surface area contributed by atoms with Gasteiger partial charge >= 0.3 is 0 Å². The molecule has 0 amide bonds. The van der Waals surface area contributed by atoms with Crippen molar-refractivity contribution in [3.63, 3.8) is 0 Å². The van der Waals surface area contributed by atoms with E-state index in [2.05, 4.69) is 10.1 Å². The van der Waals surface area contributed by atoms with Crippen molar-refractivity contribution in [3.05, 3.63) is 54.9 Å². The third kappa shape index (κ3) is 2.36. The minimum Gasteiger partial charge on any atom is -0.380 e. The van der Waals surface area contributed by atoms with Gasteiger partial charge in [0.05, 0.1) is 5.39 Å². The molecular formula is C12H11N3O. The SMILES string of the molecule is Nc1noc2ccccc12.c1ccncc1. The summed E-state index contributed by atoms with van der Waals surface area (Å²) in [6.07, 6.45) is 3.50. The molecule has 0 unspecified atom stereocenters. The summed E-state index contributed by atoms with van der Waals surface area (Å²) in [6, 6.07) is 13.2. The van der Waals surface area contributed by atoms with Gasteiger partial charge < -0.3 is 10.3 Å². The van der Waals surface area contributed by atoms with E-state index in [1.165, 1.54) is 0 Å². The first kappa shape index (κ1) is 10.2. The Balaban J connectivity index is 0.000000138. The average Bonchev–Trinajstić information content (AvgIpc) is 2.75. The topological polar surface area (TPSA) is 64.9 Å². The highest BCUT2D eigenvalue weighted by Gasteiger charge is 2.00. The van der Waals surface area contributed by atoms with Crippen LogP contribution in [-0.4, -0.2) is 10.1 Å². The number of anilines is 1. The van der Waals surface area contributed by atoms with Gasteiger partial charge in [-0.3, -0.25) is 4.98 Å². The Hall–Kier alpha value is -2.36. The highest BCUT2D eigenvalue weighted by Crippen LogP contribution is 2.18. The Labute approximate surface area is 92.7 Å². The fourth-order valence-corrected chi connectivity index (χ4v) is 1.22. The Morgan fingerprint density at radius 2 is 1.69 bits per heavy atom. The van der Waals surface area contributed by atoms with Crippen molar-refractivity contribution < 1.29 is 4.52 Å². The van der Waals surface area contributed by atoms with Crippen LogP contribution in [0.2, 0.25) is 0 Å². The predicted molar refractivity (Wildman–Crippen MR) is 62.7 cm³/mol. The van der Waals surface area contributed by atoms with Crippen molar-refractivity contribution in [2.24, 2.45) is 0 Å². The molecule has 3 rings (SSSR count). The summed E-state index contributed by atoms with van der Waals surface area (Å²) in [5, 5.41) is 4.48. The van der Waals surface area contributed by atoms with Crippen LogP contribution in [-0.2, 0) is 0 Å². The lowest BCUT2D eigenvalue weighted by Crippen LogP contribution is -1.82. The zero-order valence-electron chi connectivity index (χ0n) is 8.58. The maximum absolute atomic E-state index is 5.47. The fourth-order valence-electron chi connectivity index (χ4n) is 1.22. The highest BCUT2D eigenvalue weighted by atomic mass is 16.5. The molecule has 2 N–H and O–H groups in total. The molecule has 0 radical (unpaired) electrons. The quantitative estimate of drug-likeness (QED) is 0.623. The molecule has 0 aliphatic carbocycles. The number of nitrogens with two attached hydrogens (primary N) is 1. The number of rotatable bonds is 0. The molecule has 0 aliphatic heterocycles. The summed E-state index contributed by atoms with van der Waals surface area (Å²) >= 11 is 0. The molecule has 0 spiro atoms. The van der Waals surface area contributed by atoms with Crippen LogP contribution in [0.5, 0.6) is 0 Å². The van der Waals surface area contributed by atoms with E-state index >= 15 is 0 Å². The molecule has 16 heavy (non-hydrogen) atoms. The van der Waals surface area contributed by atoms with Crippen molar-refractivity contribution >= 4 is 16.8 Å². The lowest BCUT2D eigenvalue weighted by molar-refractivity contribution is 0.460. The molecule has 0 atom stereocenters. The van der Waals surface area contributed by atoms with Gasteiger partial charge in [0.15, 0.2) is 11.4 Å². The summed E-state index contributed by atoms with van der Waals surface area (Å²) < 4.78 is 4.87. The number of benzene rings is 1. The van der Waals surface area contributed by atoms with Gasteiger partial charge in [-0.2, -0.15) is 0 Å². The van der Waals surface area contributed by atoms with Gasteiger partial charge in [0.2, 0.25) is 0 Å². The first-order chi connectivity index (χ1) is 7.88. The van der Waals surface area contributed by atoms with Crippen molar-refractivity contribution in [1.29, 1.82) is 0 Å². The van der Waals surface area contributed by atoms with Crippen LogP contribution < -0.4 is 5.73 Å². The van der Waals surface area contributed by atoms with Crippen LogP contribution >= 0.6 is 0 Å². The highest BCUT2D eigenvalue weighted by molar-refractivity contribution is 5.86. The second kappa shape index (κ2) is 4.93. The molecule has 0 fully saturated rings. The zero-order valence-corrected chi connectivity index (χ0v) is 8.58. The van der Waals surface area contributed by atoms with Crippen LogP contribution in [0.3, 0.4) is 0 Å². The van der Waals surface area contributed by atoms with Gasteiger partial charge in [-0.15, -0.1) is 0 Å². The molecule has 80 valence electrons. The molecule has 2 heterocycles. The first-order valence-corrected chi connectivity index (χ1v) is 4.83. The second-order valence-corrected chi connectivity index (χ2v) is 3.09. The van der Waals surface area contributed by atoms with Gasteiger partial charge in [-0.1, -0.05) is 23.4 Å². The summed E-state index contributed by atoms with van der Waals surface area (Å²) in [6.45, 7) is 0. The molecular weight excluding hydrogens is 202 g/mol. The van der Waals surface area contributed by atoms with E-state index in [0.29, 0.717) is 5.82 Å². The van der Waals surface area contributed by atoms with E-state index in [1.54, 1.807) is 12.4 Å². The minimum absolute atomic E-state index is 0.454. The molecule has 2 aromatic heterocycles.